The molecule has 8 heteroatoms. The molecule has 2 aromatic carbocycles. The number of aliphatic imine (C=N–C) groups is 1. The molecule has 2 atom stereocenters. The van der Waals surface area contributed by atoms with Gasteiger partial charge >= 0.3 is 5.88 Å². The Hall–Kier alpha value is -2.97. The Morgan fingerprint density at radius 3 is 2.79 bits per heavy atom. The number of fused-ring (bicyclic) bond motifs is 2. The third-order valence-corrected chi connectivity index (χ3v) is 5.72. The SMILES string of the molecule is O=[N+]([O-])c1ccc(C2=NC3C(Br)CNN3C(c3ccc4ccccc4c3)=C2)o1. The zero-order chi connectivity index (χ0) is 19.3. The standard InChI is InChI=1S/C20H15BrN4O3/c21-15-11-22-24-17(14-6-5-12-3-1-2-4-13(12)9-14)10-16(23-20(15)24)18-7-8-19(28-18)25(26)27/h1-10,15,20,22H,11H2. The summed E-state index contributed by atoms with van der Waals surface area (Å²) >= 11 is 3.67. The average Bonchev–Trinajstić information content (AvgIpc) is 3.35. The zero-order valence-corrected chi connectivity index (χ0v) is 16.2. The van der Waals surface area contributed by atoms with Crippen LogP contribution in [0, 0.1) is 10.1 Å². The molecule has 28 heavy (non-hydrogen) atoms. The van der Waals surface area contributed by atoms with Crippen molar-refractivity contribution in [2.45, 2.75) is 11.0 Å². The van der Waals surface area contributed by atoms with Gasteiger partial charge in [-0.15, -0.1) is 0 Å². The van der Waals surface area contributed by atoms with E-state index in [0.29, 0.717) is 11.5 Å². The van der Waals surface area contributed by atoms with Gasteiger partial charge in [-0.2, -0.15) is 0 Å². The molecule has 2 aliphatic rings. The molecule has 0 amide bonds. The lowest BCUT2D eigenvalue weighted by Gasteiger charge is -2.31. The third kappa shape index (κ3) is 2.81. The van der Waals surface area contributed by atoms with E-state index in [2.05, 4.69) is 51.7 Å². The lowest BCUT2D eigenvalue weighted by molar-refractivity contribution is -0.402. The van der Waals surface area contributed by atoms with E-state index in [1.165, 1.54) is 11.5 Å². The van der Waals surface area contributed by atoms with Gasteiger partial charge in [0.1, 0.15) is 16.8 Å². The monoisotopic (exact) mass is 438 g/mol. The molecule has 2 unspecified atom stereocenters. The molecule has 5 rings (SSSR count). The van der Waals surface area contributed by atoms with Crippen LogP contribution in [0.15, 0.2) is 70.1 Å². The van der Waals surface area contributed by atoms with Crippen molar-refractivity contribution in [2.24, 2.45) is 4.99 Å². The van der Waals surface area contributed by atoms with Crippen LogP contribution in [0.25, 0.3) is 16.5 Å². The maximum atomic E-state index is 11.0. The average molecular weight is 439 g/mol. The van der Waals surface area contributed by atoms with Crippen LogP contribution in [-0.2, 0) is 0 Å². The normalized spacial score (nSPS) is 21.4. The summed E-state index contributed by atoms with van der Waals surface area (Å²) in [5.74, 6) is 0.0944. The maximum absolute atomic E-state index is 11.0. The van der Waals surface area contributed by atoms with Gasteiger partial charge in [0.15, 0.2) is 5.76 Å². The third-order valence-electron chi connectivity index (χ3n) is 4.92. The molecular formula is C20H15BrN4O3. The second kappa shape index (κ2) is 6.57. The molecule has 0 spiro atoms. The van der Waals surface area contributed by atoms with Crippen molar-refractivity contribution >= 4 is 44.0 Å². The van der Waals surface area contributed by atoms with Crippen LogP contribution >= 0.6 is 15.9 Å². The van der Waals surface area contributed by atoms with E-state index in [1.807, 2.05) is 23.2 Å². The summed E-state index contributed by atoms with van der Waals surface area (Å²) in [5.41, 5.74) is 5.94. The molecule has 0 saturated carbocycles. The molecule has 3 aromatic rings. The first-order valence-corrected chi connectivity index (χ1v) is 9.72. The first kappa shape index (κ1) is 17.2. The molecule has 1 fully saturated rings. The van der Waals surface area contributed by atoms with Crippen LogP contribution in [0.3, 0.4) is 0 Å². The number of nitro groups is 1. The van der Waals surface area contributed by atoms with E-state index in [4.69, 9.17) is 9.41 Å². The lowest BCUT2D eigenvalue weighted by Crippen LogP contribution is -2.39. The number of nitrogens with zero attached hydrogens (tertiary/aromatic N) is 3. The van der Waals surface area contributed by atoms with Gasteiger partial charge in [-0.25, -0.2) is 5.43 Å². The molecule has 0 aliphatic carbocycles. The number of furan rings is 1. The van der Waals surface area contributed by atoms with Gasteiger partial charge in [-0.1, -0.05) is 52.3 Å². The predicted octanol–water partition coefficient (Wildman–Crippen LogP) is 4.09. The van der Waals surface area contributed by atoms with Crippen LogP contribution < -0.4 is 5.43 Å². The fourth-order valence-corrected chi connectivity index (χ4v) is 4.06. The van der Waals surface area contributed by atoms with Crippen LogP contribution in [-0.4, -0.2) is 33.2 Å². The summed E-state index contributed by atoms with van der Waals surface area (Å²) in [6, 6.07) is 17.4. The van der Waals surface area contributed by atoms with Crippen molar-refractivity contribution in [3.8, 4) is 0 Å². The Morgan fingerprint density at radius 1 is 1.18 bits per heavy atom. The van der Waals surface area contributed by atoms with Gasteiger partial charge < -0.3 is 4.42 Å². The van der Waals surface area contributed by atoms with Gasteiger partial charge in [-0.05, 0) is 34.5 Å². The highest BCUT2D eigenvalue weighted by Gasteiger charge is 2.37. The second-order valence-electron chi connectivity index (χ2n) is 6.66. The lowest BCUT2D eigenvalue weighted by atomic mass is 10.0. The fourth-order valence-electron chi connectivity index (χ4n) is 3.56. The number of hydrogen-bond donors (Lipinski definition) is 1. The Balaban J connectivity index is 1.62. The number of allylic oxidation sites excluding steroid dienone is 1. The minimum atomic E-state index is -0.544. The zero-order valence-electron chi connectivity index (χ0n) is 14.6. The number of halogens is 1. The van der Waals surface area contributed by atoms with Crippen LogP contribution in [0.4, 0.5) is 5.88 Å². The van der Waals surface area contributed by atoms with Gasteiger partial charge in [0.05, 0.1) is 16.6 Å². The van der Waals surface area contributed by atoms with Crippen molar-refractivity contribution < 1.29 is 9.34 Å². The Kier molecular flexibility index (Phi) is 4.03. The van der Waals surface area contributed by atoms with Crippen molar-refractivity contribution in [2.75, 3.05) is 6.54 Å². The fraction of sp³-hybridized carbons (Fsp3) is 0.150. The topological polar surface area (TPSA) is 83.9 Å². The number of hydrazine groups is 1. The van der Waals surface area contributed by atoms with Gasteiger partial charge in [0, 0.05) is 6.54 Å². The smallest absolute Gasteiger partial charge is 0.399 e. The highest BCUT2D eigenvalue weighted by atomic mass is 79.9. The highest BCUT2D eigenvalue weighted by molar-refractivity contribution is 9.09. The second-order valence-corrected chi connectivity index (χ2v) is 7.84. The van der Waals surface area contributed by atoms with Crippen LogP contribution in [0.1, 0.15) is 11.3 Å². The molecule has 1 saturated heterocycles. The number of alkyl halides is 1. The molecule has 1 aromatic heterocycles. The number of hydrogen-bond acceptors (Lipinski definition) is 6. The van der Waals surface area contributed by atoms with Gasteiger partial charge in [0.25, 0.3) is 0 Å². The Bertz CT molecular complexity index is 1150. The molecule has 0 radical (unpaired) electrons. The summed E-state index contributed by atoms with van der Waals surface area (Å²) < 4.78 is 5.39. The van der Waals surface area contributed by atoms with E-state index in [-0.39, 0.29) is 16.9 Å². The molecule has 140 valence electrons. The van der Waals surface area contributed by atoms with Crippen molar-refractivity contribution in [3.63, 3.8) is 0 Å². The minimum absolute atomic E-state index is 0.108. The Labute approximate surface area is 168 Å². The summed E-state index contributed by atoms with van der Waals surface area (Å²) in [4.78, 5) is 15.3. The van der Waals surface area contributed by atoms with E-state index < -0.39 is 4.92 Å². The molecule has 3 heterocycles. The van der Waals surface area contributed by atoms with Gasteiger partial charge in [0.2, 0.25) is 0 Å². The van der Waals surface area contributed by atoms with Crippen LogP contribution in [0.5, 0.6) is 0 Å². The van der Waals surface area contributed by atoms with Gasteiger partial charge in [-0.3, -0.25) is 20.1 Å². The van der Waals surface area contributed by atoms with Crippen LogP contribution in [0.2, 0.25) is 0 Å². The van der Waals surface area contributed by atoms with E-state index in [9.17, 15) is 10.1 Å². The molecule has 1 N–H and O–H groups in total. The van der Waals surface area contributed by atoms with E-state index in [1.54, 1.807) is 6.07 Å². The largest absolute Gasteiger partial charge is 0.433 e. The quantitative estimate of drug-likeness (QED) is 0.378. The highest BCUT2D eigenvalue weighted by Crippen LogP contribution is 2.34. The summed E-state index contributed by atoms with van der Waals surface area (Å²) in [7, 11) is 0. The summed E-state index contributed by atoms with van der Waals surface area (Å²) in [6.07, 6.45) is 1.73. The summed E-state index contributed by atoms with van der Waals surface area (Å²) in [6.45, 7) is 0.727. The first-order valence-electron chi connectivity index (χ1n) is 8.80. The minimum Gasteiger partial charge on any atom is -0.399 e. The number of nitrogens with one attached hydrogen (secondary N) is 1. The van der Waals surface area contributed by atoms with E-state index in [0.717, 1.165) is 23.2 Å². The summed E-state index contributed by atoms with van der Waals surface area (Å²) in [5, 5.41) is 15.3. The first-order chi connectivity index (χ1) is 13.6. The molecule has 2 aliphatic heterocycles. The number of rotatable bonds is 3. The van der Waals surface area contributed by atoms with Crippen molar-refractivity contribution in [3.05, 3.63) is 82.1 Å². The van der Waals surface area contributed by atoms with E-state index >= 15 is 0 Å². The molecule has 7 nitrogen and oxygen atoms in total. The maximum Gasteiger partial charge on any atom is 0.433 e. The van der Waals surface area contributed by atoms with Crippen molar-refractivity contribution in [1.29, 1.82) is 0 Å². The molecule has 0 bridgehead atoms. The number of benzene rings is 2. The Morgan fingerprint density at radius 2 is 2.00 bits per heavy atom. The predicted molar refractivity (Wildman–Crippen MR) is 110 cm³/mol. The van der Waals surface area contributed by atoms with Crippen molar-refractivity contribution in [1.82, 2.24) is 10.4 Å². The molecular weight excluding hydrogens is 424 g/mol.